The molecule has 0 aliphatic heterocycles. The lowest BCUT2D eigenvalue weighted by atomic mass is 9.86. The number of aryl methyl sites for hydroxylation is 1. The number of hydrogen-bond acceptors (Lipinski definition) is 4. The molecule has 0 saturated carbocycles. The molecule has 2 unspecified atom stereocenters. The zero-order valence-electron chi connectivity index (χ0n) is 16.8. The molecule has 4 heteroatoms. The Morgan fingerprint density at radius 3 is 2.04 bits per heavy atom. The Morgan fingerprint density at radius 2 is 1.44 bits per heavy atom. The Bertz CT molecular complexity index is 784. The van der Waals surface area contributed by atoms with Gasteiger partial charge in [0, 0.05) is 21.9 Å². The number of rotatable bonds is 8. The van der Waals surface area contributed by atoms with Crippen molar-refractivity contribution in [2.45, 2.75) is 71.5 Å². The molecule has 0 fully saturated rings. The van der Waals surface area contributed by atoms with Crippen LogP contribution in [0.4, 0.5) is 0 Å². The van der Waals surface area contributed by atoms with Crippen LogP contribution in [0.3, 0.4) is 0 Å². The van der Waals surface area contributed by atoms with Gasteiger partial charge in [-0.1, -0.05) is 32.0 Å². The highest BCUT2D eigenvalue weighted by molar-refractivity contribution is 5.98. The van der Waals surface area contributed by atoms with Gasteiger partial charge in [-0.15, -0.1) is 0 Å². The number of ether oxygens (including phenoxy) is 2. The van der Waals surface area contributed by atoms with Crippen molar-refractivity contribution in [3.8, 4) is 11.5 Å². The van der Waals surface area contributed by atoms with Crippen LogP contribution in [-0.2, 0) is 12.8 Å². The summed E-state index contributed by atoms with van der Waals surface area (Å²) in [6.45, 7) is 6.62. The third-order valence-corrected chi connectivity index (χ3v) is 5.54. The molecule has 0 radical (unpaired) electrons. The van der Waals surface area contributed by atoms with E-state index < -0.39 is 12.2 Å². The third kappa shape index (κ3) is 4.22. The summed E-state index contributed by atoms with van der Waals surface area (Å²) in [5, 5.41) is 22.1. The van der Waals surface area contributed by atoms with Crippen molar-refractivity contribution in [2.75, 3.05) is 13.2 Å². The van der Waals surface area contributed by atoms with E-state index in [1.165, 1.54) is 11.1 Å². The van der Waals surface area contributed by atoms with Gasteiger partial charge >= 0.3 is 0 Å². The minimum absolute atomic E-state index is 0.306. The molecule has 0 aromatic heterocycles. The van der Waals surface area contributed by atoms with Gasteiger partial charge in [0.2, 0.25) is 0 Å². The molecule has 148 valence electrons. The van der Waals surface area contributed by atoms with Crippen LogP contribution in [0, 0.1) is 6.92 Å². The fraction of sp³-hybridized carbons (Fsp3) is 0.565. The lowest BCUT2D eigenvalue weighted by Gasteiger charge is -2.27. The van der Waals surface area contributed by atoms with Crippen molar-refractivity contribution in [3.63, 3.8) is 0 Å². The highest BCUT2D eigenvalue weighted by Gasteiger charge is 2.25. The molecule has 2 aromatic carbocycles. The van der Waals surface area contributed by atoms with Gasteiger partial charge in [0.1, 0.15) is 24.7 Å². The van der Waals surface area contributed by atoms with E-state index in [4.69, 9.17) is 9.47 Å². The second-order valence-corrected chi connectivity index (χ2v) is 7.57. The summed E-state index contributed by atoms with van der Waals surface area (Å²) in [4.78, 5) is 0. The van der Waals surface area contributed by atoms with Gasteiger partial charge < -0.3 is 19.7 Å². The Morgan fingerprint density at radius 1 is 0.889 bits per heavy atom. The molecule has 2 N–H and O–H groups in total. The van der Waals surface area contributed by atoms with Crippen LogP contribution in [0.15, 0.2) is 18.2 Å². The van der Waals surface area contributed by atoms with Crippen molar-refractivity contribution in [1.82, 2.24) is 0 Å². The maximum absolute atomic E-state index is 10.0. The molecule has 0 heterocycles. The van der Waals surface area contributed by atoms with E-state index in [1.54, 1.807) is 0 Å². The van der Waals surface area contributed by atoms with Crippen LogP contribution in [0.1, 0.15) is 56.2 Å². The summed E-state index contributed by atoms with van der Waals surface area (Å²) in [6.07, 6.45) is 4.62. The smallest absolute Gasteiger partial charge is 0.131 e. The first-order valence-corrected chi connectivity index (χ1v) is 10.3. The molecule has 3 rings (SSSR count). The molecule has 2 aromatic rings. The first-order chi connectivity index (χ1) is 13.1. The summed E-state index contributed by atoms with van der Waals surface area (Å²) in [6, 6.07) is 6.21. The lowest BCUT2D eigenvalue weighted by molar-refractivity contribution is 0.102. The fourth-order valence-electron chi connectivity index (χ4n) is 3.80. The SMILES string of the molecule is CCC(O)COc1c2c(c(OCC(O)CC)c3c(C)cccc13)CCCC2. The van der Waals surface area contributed by atoms with Gasteiger partial charge in [-0.3, -0.25) is 0 Å². The molecule has 1 aliphatic rings. The van der Waals surface area contributed by atoms with Crippen LogP contribution < -0.4 is 9.47 Å². The largest absolute Gasteiger partial charge is 0.490 e. The average Bonchev–Trinajstić information content (AvgIpc) is 2.70. The van der Waals surface area contributed by atoms with Crippen LogP contribution >= 0.6 is 0 Å². The zero-order valence-corrected chi connectivity index (χ0v) is 16.8. The number of hydrogen-bond donors (Lipinski definition) is 2. The summed E-state index contributed by atoms with van der Waals surface area (Å²) >= 11 is 0. The molecular formula is C23H32O4. The summed E-state index contributed by atoms with van der Waals surface area (Å²) < 4.78 is 12.4. The third-order valence-electron chi connectivity index (χ3n) is 5.54. The molecular weight excluding hydrogens is 340 g/mol. The molecule has 27 heavy (non-hydrogen) atoms. The standard InChI is InChI=1S/C23H32O4/c1-4-16(24)13-26-22-18-10-6-7-11-19(18)23(27-14-17(25)5-2)21-15(3)9-8-12-20(21)22/h8-9,12,16-17,24-25H,4-7,10-11,13-14H2,1-3H3. The number of fused-ring (bicyclic) bond motifs is 2. The van der Waals surface area contributed by atoms with Crippen LogP contribution in [0.5, 0.6) is 11.5 Å². The molecule has 0 spiro atoms. The number of aliphatic hydroxyl groups is 2. The Kier molecular flexibility index (Phi) is 6.61. The fourth-order valence-corrected chi connectivity index (χ4v) is 3.80. The van der Waals surface area contributed by atoms with Gasteiger partial charge in [0.15, 0.2) is 0 Å². The molecule has 1 aliphatic carbocycles. The molecule has 0 bridgehead atoms. The van der Waals surface area contributed by atoms with Gasteiger partial charge in [-0.05, 0) is 51.0 Å². The second-order valence-electron chi connectivity index (χ2n) is 7.57. The van der Waals surface area contributed by atoms with E-state index in [-0.39, 0.29) is 0 Å². The number of aliphatic hydroxyl groups excluding tert-OH is 2. The van der Waals surface area contributed by atoms with E-state index in [0.29, 0.717) is 26.1 Å². The molecule has 4 nitrogen and oxygen atoms in total. The molecule has 0 saturated heterocycles. The van der Waals surface area contributed by atoms with Gasteiger partial charge in [0.25, 0.3) is 0 Å². The minimum atomic E-state index is -0.459. The Labute approximate surface area is 162 Å². The van der Waals surface area contributed by atoms with E-state index in [2.05, 4.69) is 19.1 Å². The van der Waals surface area contributed by atoms with Crippen LogP contribution in [0.25, 0.3) is 10.8 Å². The quantitative estimate of drug-likeness (QED) is 0.724. The second kappa shape index (κ2) is 8.94. The van der Waals surface area contributed by atoms with Crippen molar-refractivity contribution in [3.05, 3.63) is 34.9 Å². The summed E-state index contributed by atoms with van der Waals surface area (Å²) in [5.74, 6) is 1.81. The predicted molar refractivity (Wildman–Crippen MR) is 109 cm³/mol. The van der Waals surface area contributed by atoms with Gasteiger partial charge in [0.05, 0.1) is 12.2 Å². The van der Waals surface area contributed by atoms with E-state index in [1.807, 2.05) is 19.9 Å². The minimum Gasteiger partial charge on any atom is -0.490 e. The predicted octanol–water partition coefficient (Wildman–Crippen LogP) is 4.33. The molecule has 0 amide bonds. The number of benzene rings is 2. The van der Waals surface area contributed by atoms with Crippen LogP contribution in [-0.4, -0.2) is 35.6 Å². The van der Waals surface area contributed by atoms with Crippen molar-refractivity contribution < 1.29 is 19.7 Å². The highest BCUT2D eigenvalue weighted by atomic mass is 16.5. The first-order valence-electron chi connectivity index (χ1n) is 10.3. The van der Waals surface area contributed by atoms with E-state index >= 15 is 0 Å². The van der Waals surface area contributed by atoms with E-state index in [0.717, 1.165) is 53.5 Å². The maximum atomic E-state index is 10.0. The summed E-state index contributed by atoms with van der Waals surface area (Å²) in [7, 11) is 0. The Balaban J connectivity index is 2.14. The molecule has 2 atom stereocenters. The van der Waals surface area contributed by atoms with E-state index in [9.17, 15) is 10.2 Å². The average molecular weight is 373 g/mol. The van der Waals surface area contributed by atoms with Crippen molar-refractivity contribution >= 4 is 10.8 Å². The van der Waals surface area contributed by atoms with Gasteiger partial charge in [-0.2, -0.15) is 0 Å². The maximum Gasteiger partial charge on any atom is 0.131 e. The normalized spacial score (nSPS) is 16.0. The Hall–Kier alpha value is -1.78. The first kappa shape index (κ1) is 20.0. The van der Waals surface area contributed by atoms with Crippen LogP contribution in [0.2, 0.25) is 0 Å². The van der Waals surface area contributed by atoms with Crippen molar-refractivity contribution in [2.24, 2.45) is 0 Å². The van der Waals surface area contributed by atoms with Crippen molar-refractivity contribution in [1.29, 1.82) is 0 Å². The zero-order chi connectivity index (χ0) is 19.4. The lowest BCUT2D eigenvalue weighted by Crippen LogP contribution is -2.20. The topological polar surface area (TPSA) is 58.9 Å². The monoisotopic (exact) mass is 372 g/mol. The summed E-state index contributed by atoms with van der Waals surface area (Å²) in [5.41, 5.74) is 3.57. The highest BCUT2D eigenvalue weighted by Crippen LogP contribution is 2.45. The van der Waals surface area contributed by atoms with Gasteiger partial charge in [-0.25, -0.2) is 0 Å².